The van der Waals surface area contributed by atoms with Crippen LogP contribution in [0.3, 0.4) is 0 Å². The van der Waals surface area contributed by atoms with Gasteiger partial charge in [-0.2, -0.15) is 0 Å². The summed E-state index contributed by atoms with van der Waals surface area (Å²) in [5.74, 6) is 0. The Morgan fingerprint density at radius 3 is 1.49 bits per heavy atom. The highest BCUT2D eigenvalue weighted by molar-refractivity contribution is 6.00. The van der Waals surface area contributed by atoms with E-state index >= 15 is 0 Å². The third-order valence-electron chi connectivity index (χ3n) is 12.3. The van der Waals surface area contributed by atoms with E-state index in [0.29, 0.717) is 0 Å². The minimum Gasteiger partial charge on any atom is -0.310 e. The summed E-state index contributed by atoms with van der Waals surface area (Å²) in [6, 6.07) is 70.0. The van der Waals surface area contributed by atoms with Crippen molar-refractivity contribution in [1.82, 2.24) is 0 Å². The first-order chi connectivity index (χ1) is 26.1. The molecule has 250 valence electrons. The second-order valence-corrected chi connectivity index (χ2v) is 15.2. The molecule has 1 spiro atoms. The number of anilines is 3. The summed E-state index contributed by atoms with van der Waals surface area (Å²) in [4.78, 5) is 2.42. The second kappa shape index (κ2) is 11.0. The van der Waals surface area contributed by atoms with Crippen molar-refractivity contribution < 1.29 is 0 Å². The monoisotopic (exact) mass is 675 g/mol. The summed E-state index contributed by atoms with van der Waals surface area (Å²) in [6.45, 7) is 4.72. The normalized spacial score (nSPS) is 14.5. The van der Waals surface area contributed by atoms with Gasteiger partial charge in [-0.05, 0) is 114 Å². The molecular formula is C52H37N. The molecule has 0 heterocycles. The average molecular weight is 676 g/mol. The molecule has 0 bridgehead atoms. The quantitative estimate of drug-likeness (QED) is 0.179. The third kappa shape index (κ3) is 4.02. The van der Waals surface area contributed by atoms with Crippen molar-refractivity contribution in [3.05, 3.63) is 221 Å². The molecule has 0 amide bonds. The SMILES string of the molecule is CC1(C)c2ccccc2-c2ccc(N(c3ccccc3)c3cccc(-c4cccc5c4-c4ccccc4C54c5ccccc5-c5ccccc54)c3)cc21. The van der Waals surface area contributed by atoms with Gasteiger partial charge in [0.1, 0.15) is 0 Å². The average Bonchev–Trinajstić information content (AvgIpc) is 3.77. The highest BCUT2D eigenvalue weighted by Crippen LogP contribution is 2.64. The first kappa shape index (κ1) is 30.2. The first-order valence-electron chi connectivity index (χ1n) is 18.7. The Kier molecular flexibility index (Phi) is 6.29. The molecular weight excluding hydrogens is 639 g/mol. The molecule has 0 atom stereocenters. The molecule has 3 aliphatic rings. The lowest BCUT2D eigenvalue weighted by atomic mass is 9.70. The molecule has 0 N–H and O–H groups in total. The van der Waals surface area contributed by atoms with Crippen LogP contribution in [0, 0.1) is 0 Å². The van der Waals surface area contributed by atoms with Crippen molar-refractivity contribution >= 4 is 17.1 Å². The van der Waals surface area contributed by atoms with Gasteiger partial charge in [0, 0.05) is 22.5 Å². The number of benzene rings is 8. The van der Waals surface area contributed by atoms with E-state index in [2.05, 4.69) is 207 Å². The van der Waals surface area contributed by atoms with E-state index in [1.165, 1.54) is 77.9 Å². The van der Waals surface area contributed by atoms with Gasteiger partial charge in [0.25, 0.3) is 0 Å². The minimum atomic E-state index is -0.363. The van der Waals surface area contributed by atoms with Crippen molar-refractivity contribution in [1.29, 1.82) is 0 Å². The molecule has 53 heavy (non-hydrogen) atoms. The van der Waals surface area contributed by atoms with E-state index < -0.39 is 0 Å². The molecule has 8 aromatic carbocycles. The molecule has 1 heteroatoms. The molecule has 0 saturated heterocycles. The number of nitrogens with zero attached hydrogens (tertiary/aromatic N) is 1. The predicted octanol–water partition coefficient (Wildman–Crippen LogP) is 13.5. The van der Waals surface area contributed by atoms with Crippen molar-refractivity contribution in [2.45, 2.75) is 24.7 Å². The third-order valence-corrected chi connectivity index (χ3v) is 12.3. The van der Waals surface area contributed by atoms with Crippen LogP contribution in [-0.4, -0.2) is 0 Å². The maximum Gasteiger partial charge on any atom is 0.0725 e. The summed E-state index contributed by atoms with van der Waals surface area (Å²) >= 11 is 0. The molecule has 3 aliphatic carbocycles. The van der Waals surface area contributed by atoms with Crippen molar-refractivity contribution in [2.75, 3.05) is 4.90 Å². The lowest BCUT2D eigenvalue weighted by molar-refractivity contribution is 0.660. The number of fused-ring (bicyclic) bond motifs is 13. The van der Waals surface area contributed by atoms with E-state index in [1.807, 2.05) is 0 Å². The molecule has 1 nitrogen and oxygen atoms in total. The van der Waals surface area contributed by atoms with Gasteiger partial charge in [0.2, 0.25) is 0 Å². The fraction of sp³-hybridized carbons (Fsp3) is 0.0769. The molecule has 8 aromatic rings. The van der Waals surface area contributed by atoms with Crippen molar-refractivity contribution in [3.8, 4) is 44.5 Å². The van der Waals surface area contributed by atoms with E-state index in [0.717, 1.165) is 17.1 Å². The van der Waals surface area contributed by atoms with Crippen LogP contribution in [0.25, 0.3) is 44.5 Å². The zero-order valence-corrected chi connectivity index (χ0v) is 29.8. The van der Waals surface area contributed by atoms with E-state index in [1.54, 1.807) is 0 Å². The maximum atomic E-state index is 2.42. The van der Waals surface area contributed by atoms with Crippen LogP contribution in [0.1, 0.15) is 47.2 Å². The molecule has 0 radical (unpaired) electrons. The van der Waals surface area contributed by atoms with Crippen LogP contribution in [0.4, 0.5) is 17.1 Å². The van der Waals surface area contributed by atoms with Crippen molar-refractivity contribution in [3.63, 3.8) is 0 Å². The summed E-state index contributed by atoms with van der Waals surface area (Å²) in [5.41, 5.74) is 21.7. The van der Waals surface area contributed by atoms with Gasteiger partial charge in [-0.1, -0.05) is 166 Å². The Hall–Kier alpha value is -6.44. The fourth-order valence-corrected chi connectivity index (χ4v) is 10.1. The number of hydrogen-bond donors (Lipinski definition) is 0. The van der Waals surface area contributed by atoms with Crippen LogP contribution in [-0.2, 0) is 10.8 Å². The predicted molar refractivity (Wildman–Crippen MR) is 220 cm³/mol. The smallest absolute Gasteiger partial charge is 0.0725 e. The molecule has 0 saturated carbocycles. The molecule has 0 aromatic heterocycles. The summed E-state index contributed by atoms with van der Waals surface area (Å²) in [6.07, 6.45) is 0. The topological polar surface area (TPSA) is 3.24 Å². The number of hydrogen-bond acceptors (Lipinski definition) is 1. The van der Waals surface area contributed by atoms with Gasteiger partial charge >= 0.3 is 0 Å². The maximum absolute atomic E-state index is 2.42. The van der Waals surface area contributed by atoms with Gasteiger partial charge in [-0.15, -0.1) is 0 Å². The van der Waals surface area contributed by atoms with Gasteiger partial charge < -0.3 is 4.90 Å². The van der Waals surface area contributed by atoms with Crippen LogP contribution in [0.5, 0.6) is 0 Å². The Bertz CT molecular complexity index is 2720. The molecule has 0 aliphatic heterocycles. The van der Waals surface area contributed by atoms with Crippen LogP contribution in [0.15, 0.2) is 188 Å². The van der Waals surface area contributed by atoms with Crippen LogP contribution in [0.2, 0.25) is 0 Å². The van der Waals surface area contributed by atoms with Crippen LogP contribution >= 0.6 is 0 Å². The molecule has 11 rings (SSSR count). The molecule has 0 fully saturated rings. The second-order valence-electron chi connectivity index (χ2n) is 15.2. The largest absolute Gasteiger partial charge is 0.310 e. The summed E-state index contributed by atoms with van der Waals surface area (Å²) in [7, 11) is 0. The summed E-state index contributed by atoms with van der Waals surface area (Å²) < 4.78 is 0. The fourth-order valence-electron chi connectivity index (χ4n) is 10.1. The lowest BCUT2D eigenvalue weighted by Gasteiger charge is -2.30. The standard InChI is InChI=1S/C52H37N/c1-51(2)44-25-10-6-20-39(44)42-31-30-37(33-49(42)51)53(35-17-4-3-5-18-35)36-19-14-16-34(32-36)38-24-15-29-48-50(38)43-23-9-13-28-47(43)52(48)45-26-11-7-21-40(45)41-22-8-12-27-46(41)52/h3-33H,1-2H3. The van der Waals surface area contributed by atoms with E-state index in [9.17, 15) is 0 Å². The zero-order valence-electron chi connectivity index (χ0n) is 29.8. The number of para-hydroxylation sites is 1. The Morgan fingerprint density at radius 2 is 0.792 bits per heavy atom. The Morgan fingerprint density at radius 1 is 0.321 bits per heavy atom. The molecule has 0 unspecified atom stereocenters. The Balaban J connectivity index is 1.11. The minimum absolute atomic E-state index is 0.0858. The van der Waals surface area contributed by atoms with Crippen molar-refractivity contribution in [2.24, 2.45) is 0 Å². The summed E-state index contributed by atoms with van der Waals surface area (Å²) in [5, 5.41) is 0. The van der Waals surface area contributed by atoms with E-state index in [-0.39, 0.29) is 10.8 Å². The van der Waals surface area contributed by atoms with Gasteiger partial charge in [0.05, 0.1) is 5.41 Å². The lowest BCUT2D eigenvalue weighted by Crippen LogP contribution is -2.25. The zero-order chi connectivity index (χ0) is 35.3. The van der Waals surface area contributed by atoms with Crippen LogP contribution < -0.4 is 4.90 Å². The van der Waals surface area contributed by atoms with Gasteiger partial charge in [-0.25, -0.2) is 0 Å². The van der Waals surface area contributed by atoms with E-state index in [4.69, 9.17) is 0 Å². The highest BCUT2D eigenvalue weighted by atomic mass is 15.1. The Labute approximate surface area is 311 Å². The number of rotatable bonds is 4. The van der Waals surface area contributed by atoms with Gasteiger partial charge in [0.15, 0.2) is 0 Å². The first-order valence-corrected chi connectivity index (χ1v) is 18.7. The van der Waals surface area contributed by atoms with Gasteiger partial charge in [-0.3, -0.25) is 0 Å². The highest BCUT2D eigenvalue weighted by Gasteiger charge is 2.52.